The molecule has 1 atom stereocenters. The zero-order chi connectivity index (χ0) is 13.8. The SMILES string of the molecule is O=C(O)C1CCn2c1cc1cc(C(F)(F)F)ccc12. The minimum atomic E-state index is -4.38. The second-order valence-corrected chi connectivity index (χ2v) is 4.67. The van der Waals surface area contributed by atoms with Crippen molar-refractivity contribution in [3.63, 3.8) is 0 Å². The molecule has 2 aromatic rings. The highest BCUT2D eigenvalue weighted by Gasteiger charge is 2.33. The van der Waals surface area contributed by atoms with Crippen LogP contribution in [0, 0.1) is 0 Å². The van der Waals surface area contributed by atoms with Crippen LogP contribution in [0.5, 0.6) is 0 Å². The second kappa shape index (κ2) is 3.76. The fourth-order valence-electron chi connectivity index (χ4n) is 2.66. The van der Waals surface area contributed by atoms with Crippen molar-refractivity contribution in [1.82, 2.24) is 4.57 Å². The number of aliphatic carboxylic acids is 1. The van der Waals surface area contributed by atoms with E-state index in [1.54, 1.807) is 10.6 Å². The topological polar surface area (TPSA) is 42.2 Å². The van der Waals surface area contributed by atoms with Gasteiger partial charge in [0.05, 0.1) is 11.5 Å². The molecule has 100 valence electrons. The maximum Gasteiger partial charge on any atom is 0.416 e. The molecule has 0 bridgehead atoms. The van der Waals surface area contributed by atoms with Gasteiger partial charge in [-0.25, -0.2) is 0 Å². The predicted octanol–water partition coefficient (Wildman–Crippen LogP) is 3.23. The van der Waals surface area contributed by atoms with E-state index < -0.39 is 23.6 Å². The van der Waals surface area contributed by atoms with Crippen molar-refractivity contribution in [2.75, 3.05) is 0 Å². The average Bonchev–Trinajstić information content (AvgIpc) is 2.84. The molecular formula is C13H10F3NO2. The van der Waals surface area contributed by atoms with Crippen LogP contribution in [0.2, 0.25) is 0 Å². The van der Waals surface area contributed by atoms with E-state index >= 15 is 0 Å². The summed E-state index contributed by atoms with van der Waals surface area (Å²) in [5, 5.41) is 9.52. The number of hydrogen-bond donors (Lipinski definition) is 1. The monoisotopic (exact) mass is 269 g/mol. The third kappa shape index (κ3) is 1.78. The summed E-state index contributed by atoms with van der Waals surface area (Å²) < 4.78 is 39.7. The number of rotatable bonds is 1. The van der Waals surface area contributed by atoms with E-state index in [-0.39, 0.29) is 0 Å². The molecule has 3 nitrogen and oxygen atoms in total. The van der Waals surface area contributed by atoms with Gasteiger partial charge in [-0.2, -0.15) is 13.2 Å². The first-order valence-corrected chi connectivity index (χ1v) is 5.81. The van der Waals surface area contributed by atoms with Gasteiger partial charge >= 0.3 is 12.1 Å². The Morgan fingerprint density at radius 2 is 2.05 bits per heavy atom. The van der Waals surface area contributed by atoms with Crippen LogP contribution in [0.4, 0.5) is 13.2 Å². The van der Waals surface area contributed by atoms with Gasteiger partial charge < -0.3 is 9.67 Å². The molecule has 19 heavy (non-hydrogen) atoms. The average molecular weight is 269 g/mol. The molecule has 6 heteroatoms. The fourth-order valence-corrected chi connectivity index (χ4v) is 2.66. The van der Waals surface area contributed by atoms with Crippen LogP contribution >= 0.6 is 0 Å². The second-order valence-electron chi connectivity index (χ2n) is 4.67. The van der Waals surface area contributed by atoms with Gasteiger partial charge in [-0.15, -0.1) is 0 Å². The van der Waals surface area contributed by atoms with Crippen molar-refractivity contribution in [3.05, 3.63) is 35.5 Å². The quantitative estimate of drug-likeness (QED) is 0.863. The molecule has 0 amide bonds. The Labute approximate surface area is 106 Å². The van der Waals surface area contributed by atoms with Crippen LogP contribution in [0.3, 0.4) is 0 Å². The summed E-state index contributed by atoms with van der Waals surface area (Å²) in [4.78, 5) is 11.1. The van der Waals surface area contributed by atoms with E-state index in [4.69, 9.17) is 5.11 Å². The standard InChI is InChI=1S/C13H10F3NO2/c14-13(15,16)8-1-2-10-7(5-8)6-11-9(12(18)19)3-4-17(10)11/h1-2,5-6,9H,3-4H2,(H,18,19). The molecule has 0 saturated heterocycles. The van der Waals surface area contributed by atoms with Crippen molar-refractivity contribution in [2.24, 2.45) is 0 Å². The summed E-state index contributed by atoms with van der Waals surface area (Å²) in [6.45, 7) is 0.529. The molecule has 1 aromatic carbocycles. The smallest absolute Gasteiger partial charge is 0.416 e. The van der Waals surface area contributed by atoms with Gasteiger partial charge in [-0.1, -0.05) is 0 Å². The van der Waals surface area contributed by atoms with E-state index in [0.717, 1.165) is 12.1 Å². The number of fused-ring (bicyclic) bond motifs is 3. The Morgan fingerprint density at radius 1 is 1.32 bits per heavy atom. The Balaban J connectivity index is 2.16. The van der Waals surface area contributed by atoms with Crippen LogP contribution in [-0.4, -0.2) is 15.6 Å². The molecule has 0 saturated carbocycles. The number of carboxylic acids is 1. The summed E-state index contributed by atoms with van der Waals surface area (Å²) in [6.07, 6.45) is -3.89. The number of nitrogens with zero attached hydrogens (tertiary/aromatic N) is 1. The van der Waals surface area contributed by atoms with E-state index in [9.17, 15) is 18.0 Å². The number of halogens is 3. The lowest BCUT2D eigenvalue weighted by atomic mass is 10.0. The van der Waals surface area contributed by atoms with Gasteiger partial charge in [0.2, 0.25) is 0 Å². The summed E-state index contributed by atoms with van der Waals surface area (Å²) >= 11 is 0. The van der Waals surface area contributed by atoms with Crippen molar-refractivity contribution in [1.29, 1.82) is 0 Å². The molecule has 1 aromatic heterocycles. The Morgan fingerprint density at radius 3 is 2.68 bits per heavy atom. The van der Waals surface area contributed by atoms with E-state index in [1.165, 1.54) is 6.07 Å². The highest BCUT2D eigenvalue weighted by molar-refractivity contribution is 5.86. The molecule has 1 aliphatic heterocycles. The largest absolute Gasteiger partial charge is 0.481 e. The highest BCUT2D eigenvalue weighted by atomic mass is 19.4. The summed E-state index contributed by atoms with van der Waals surface area (Å²) in [7, 11) is 0. The predicted molar refractivity (Wildman–Crippen MR) is 61.9 cm³/mol. The first-order valence-electron chi connectivity index (χ1n) is 5.81. The third-order valence-electron chi connectivity index (χ3n) is 3.56. The molecule has 1 unspecified atom stereocenters. The number of hydrogen-bond acceptors (Lipinski definition) is 1. The molecule has 3 rings (SSSR count). The highest BCUT2D eigenvalue weighted by Crippen LogP contribution is 2.37. The zero-order valence-electron chi connectivity index (χ0n) is 9.74. The van der Waals surface area contributed by atoms with Gasteiger partial charge in [0.25, 0.3) is 0 Å². The number of carbonyl (C=O) groups is 1. The van der Waals surface area contributed by atoms with Crippen LogP contribution in [-0.2, 0) is 17.5 Å². The Kier molecular flexibility index (Phi) is 2.39. The molecule has 2 heterocycles. The van der Waals surface area contributed by atoms with Gasteiger partial charge in [0.1, 0.15) is 0 Å². The van der Waals surface area contributed by atoms with Crippen molar-refractivity contribution < 1.29 is 23.1 Å². The first-order chi connectivity index (χ1) is 8.88. The molecule has 0 spiro atoms. The molecule has 1 N–H and O–H groups in total. The molecule has 0 aliphatic carbocycles. The summed E-state index contributed by atoms with van der Waals surface area (Å²) in [5.74, 6) is -1.56. The van der Waals surface area contributed by atoms with Gasteiger partial charge in [0.15, 0.2) is 0 Å². The molecular weight excluding hydrogens is 259 g/mol. The molecule has 0 radical (unpaired) electrons. The Bertz CT molecular complexity index is 672. The lowest BCUT2D eigenvalue weighted by Gasteiger charge is -2.07. The normalized spacial score (nSPS) is 18.8. The number of aryl methyl sites for hydroxylation is 1. The van der Waals surface area contributed by atoms with Crippen molar-refractivity contribution in [2.45, 2.75) is 25.1 Å². The molecule has 1 aliphatic rings. The van der Waals surface area contributed by atoms with Crippen LogP contribution in [0.1, 0.15) is 23.6 Å². The van der Waals surface area contributed by atoms with E-state index in [0.29, 0.717) is 29.6 Å². The lowest BCUT2D eigenvalue weighted by Crippen LogP contribution is -2.07. The minimum absolute atomic E-state index is 0.441. The number of benzene rings is 1. The van der Waals surface area contributed by atoms with Crippen LogP contribution < -0.4 is 0 Å². The Hall–Kier alpha value is -1.98. The number of aromatic nitrogens is 1. The summed E-state index contributed by atoms with van der Waals surface area (Å²) in [6, 6.07) is 5.06. The van der Waals surface area contributed by atoms with E-state index in [1.807, 2.05) is 0 Å². The van der Waals surface area contributed by atoms with Crippen LogP contribution in [0.25, 0.3) is 10.9 Å². The maximum absolute atomic E-state index is 12.6. The maximum atomic E-state index is 12.6. The lowest BCUT2D eigenvalue weighted by molar-refractivity contribution is -0.139. The van der Waals surface area contributed by atoms with Crippen LogP contribution in [0.15, 0.2) is 24.3 Å². The zero-order valence-corrected chi connectivity index (χ0v) is 9.74. The number of alkyl halides is 3. The first kappa shape index (κ1) is 12.1. The van der Waals surface area contributed by atoms with Gasteiger partial charge in [-0.05, 0) is 30.7 Å². The molecule has 0 fully saturated rings. The van der Waals surface area contributed by atoms with Crippen molar-refractivity contribution >= 4 is 16.9 Å². The minimum Gasteiger partial charge on any atom is -0.481 e. The van der Waals surface area contributed by atoms with Gasteiger partial charge in [0, 0.05) is 23.1 Å². The van der Waals surface area contributed by atoms with Crippen molar-refractivity contribution in [3.8, 4) is 0 Å². The fraction of sp³-hybridized carbons (Fsp3) is 0.308. The van der Waals surface area contributed by atoms with E-state index in [2.05, 4.69) is 0 Å². The third-order valence-corrected chi connectivity index (χ3v) is 3.56. The number of carboxylic acid groups (broad SMARTS) is 1. The summed E-state index contributed by atoms with van der Waals surface area (Å²) in [5.41, 5.74) is 0.532. The van der Waals surface area contributed by atoms with Gasteiger partial charge in [-0.3, -0.25) is 4.79 Å².